The van der Waals surface area contributed by atoms with Gasteiger partial charge in [0.25, 0.3) is 5.56 Å². The Bertz CT molecular complexity index is 925. The lowest BCUT2D eigenvalue weighted by Gasteiger charge is -2.49. The summed E-state index contributed by atoms with van der Waals surface area (Å²) >= 11 is 0. The minimum Gasteiger partial charge on any atom is -0.484 e. The molecule has 0 saturated carbocycles. The molecule has 0 saturated heterocycles. The second-order valence-electron chi connectivity index (χ2n) is 6.91. The molecule has 2 N–H and O–H groups in total. The Hall–Kier alpha value is -2.85. The first-order chi connectivity index (χ1) is 11.7. The van der Waals surface area contributed by atoms with Crippen molar-refractivity contribution in [2.45, 2.75) is 38.0 Å². The molecule has 1 aromatic carbocycles. The van der Waals surface area contributed by atoms with Crippen molar-refractivity contribution in [2.75, 3.05) is 5.32 Å². The highest BCUT2D eigenvalue weighted by Gasteiger charge is 2.52. The number of benzene rings is 1. The number of nitriles is 1. The summed E-state index contributed by atoms with van der Waals surface area (Å²) in [6.07, 6.45) is 1.52. The van der Waals surface area contributed by atoms with Crippen LogP contribution in [0.1, 0.15) is 37.9 Å². The Kier molecular flexibility index (Phi) is 3.81. The SMILES string of the molecule is Cn1ncc(N[C@@H]2c3cc(C#N)ccc3OC(C)(C)[C@@]2(C)O)cc1=O. The average Bonchev–Trinajstić information content (AvgIpc) is 2.55. The predicted octanol–water partition coefficient (Wildman–Crippen LogP) is 1.73. The molecule has 1 aromatic heterocycles. The number of rotatable bonds is 2. The normalized spacial score (nSPS) is 23.9. The molecule has 1 aliphatic heterocycles. The number of fused-ring (bicyclic) bond motifs is 1. The zero-order valence-corrected chi connectivity index (χ0v) is 14.6. The maximum atomic E-state index is 11.8. The molecule has 0 fully saturated rings. The van der Waals surface area contributed by atoms with Gasteiger partial charge in [0.1, 0.15) is 17.0 Å². The van der Waals surface area contributed by atoms with Crippen molar-refractivity contribution in [1.82, 2.24) is 9.78 Å². The van der Waals surface area contributed by atoms with Crippen molar-refractivity contribution in [1.29, 1.82) is 5.26 Å². The van der Waals surface area contributed by atoms with E-state index in [2.05, 4.69) is 16.5 Å². The van der Waals surface area contributed by atoms with Gasteiger partial charge in [0.2, 0.25) is 0 Å². The van der Waals surface area contributed by atoms with Gasteiger partial charge in [-0.05, 0) is 39.0 Å². The topological polar surface area (TPSA) is 100 Å². The van der Waals surface area contributed by atoms with Gasteiger partial charge >= 0.3 is 0 Å². The summed E-state index contributed by atoms with van der Waals surface area (Å²) in [6.45, 7) is 5.26. The highest BCUT2D eigenvalue weighted by atomic mass is 16.5. The molecule has 25 heavy (non-hydrogen) atoms. The van der Waals surface area contributed by atoms with E-state index in [4.69, 9.17) is 4.74 Å². The lowest BCUT2D eigenvalue weighted by Crippen LogP contribution is -2.60. The highest BCUT2D eigenvalue weighted by molar-refractivity contribution is 5.52. The summed E-state index contributed by atoms with van der Waals surface area (Å²) in [5.74, 6) is 0.588. The maximum Gasteiger partial charge on any atom is 0.268 e. The Labute approximate surface area is 145 Å². The molecule has 130 valence electrons. The highest BCUT2D eigenvalue weighted by Crippen LogP contribution is 2.47. The van der Waals surface area contributed by atoms with Crippen molar-refractivity contribution >= 4 is 5.69 Å². The molecular formula is C18H20N4O3. The van der Waals surface area contributed by atoms with Crippen molar-refractivity contribution in [2.24, 2.45) is 7.05 Å². The molecule has 0 spiro atoms. The summed E-state index contributed by atoms with van der Waals surface area (Å²) in [5.41, 5.74) is -0.856. The van der Waals surface area contributed by atoms with Gasteiger partial charge in [-0.15, -0.1) is 0 Å². The average molecular weight is 340 g/mol. The molecule has 0 aliphatic carbocycles. The largest absolute Gasteiger partial charge is 0.484 e. The van der Waals surface area contributed by atoms with E-state index in [0.717, 1.165) is 0 Å². The van der Waals surface area contributed by atoms with Crippen LogP contribution >= 0.6 is 0 Å². The van der Waals surface area contributed by atoms with Crippen LogP contribution in [0.3, 0.4) is 0 Å². The third-order valence-electron chi connectivity index (χ3n) is 4.87. The fourth-order valence-electron chi connectivity index (χ4n) is 2.90. The Balaban J connectivity index is 2.13. The van der Waals surface area contributed by atoms with Crippen molar-refractivity contribution < 1.29 is 9.84 Å². The fraction of sp³-hybridized carbons (Fsp3) is 0.389. The number of hydrogen-bond acceptors (Lipinski definition) is 6. The molecule has 0 unspecified atom stereocenters. The van der Waals surface area contributed by atoms with Gasteiger partial charge in [0.05, 0.1) is 29.6 Å². The standard InChI is InChI=1S/C18H20N4O3/c1-17(2)18(3,24)16(21-12-8-15(23)22(4)20-10-12)13-7-11(9-19)5-6-14(13)25-17/h5-8,10,16,21,24H,1-4H3/t16-,18+/m1/s1. The van der Waals surface area contributed by atoms with E-state index in [1.807, 2.05) is 0 Å². The van der Waals surface area contributed by atoms with Crippen molar-refractivity contribution in [3.63, 3.8) is 0 Å². The van der Waals surface area contributed by atoms with Gasteiger partial charge in [-0.3, -0.25) is 4.79 Å². The van der Waals surface area contributed by atoms with E-state index in [1.54, 1.807) is 46.0 Å². The number of ether oxygens (including phenoxy) is 1. The second-order valence-corrected chi connectivity index (χ2v) is 6.91. The van der Waals surface area contributed by atoms with Gasteiger partial charge in [-0.2, -0.15) is 10.4 Å². The third kappa shape index (κ3) is 2.75. The predicted molar refractivity (Wildman–Crippen MR) is 92.3 cm³/mol. The number of aliphatic hydroxyl groups is 1. The quantitative estimate of drug-likeness (QED) is 0.863. The van der Waals surface area contributed by atoms with E-state index in [9.17, 15) is 15.2 Å². The van der Waals surface area contributed by atoms with Crippen LogP contribution in [0.15, 0.2) is 35.3 Å². The third-order valence-corrected chi connectivity index (χ3v) is 4.87. The molecule has 0 radical (unpaired) electrons. The Morgan fingerprint density at radius 2 is 2.08 bits per heavy atom. The molecule has 2 aromatic rings. The summed E-state index contributed by atoms with van der Waals surface area (Å²) in [4.78, 5) is 11.8. The zero-order chi connectivity index (χ0) is 18.4. The number of hydrogen-bond donors (Lipinski definition) is 2. The van der Waals surface area contributed by atoms with Crippen LogP contribution in [-0.4, -0.2) is 26.1 Å². The number of nitrogens with zero attached hydrogens (tertiary/aromatic N) is 3. The first-order valence-corrected chi connectivity index (χ1v) is 7.91. The van der Waals surface area contributed by atoms with E-state index >= 15 is 0 Å². The summed E-state index contributed by atoms with van der Waals surface area (Å²) < 4.78 is 7.19. The van der Waals surface area contributed by atoms with Crippen LogP contribution in [0.5, 0.6) is 5.75 Å². The first kappa shape index (κ1) is 17.0. The maximum absolute atomic E-state index is 11.8. The molecule has 7 nitrogen and oxygen atoms in total. The Morgan fingerprint density at radius 1 is 1.36 bits per heavy atom. The molecule has 2 atom stereocenters. The van der Waals surface area contributed by atoms with Crippen LogP contribution in [0.25, 0.3) is 0 Å². The molecule has 0 bridgehead atoms. The van der Waals surface area contributed by atoms with Gasteiger partial charge < -0.3 is 15.2 Å². The smallest absolute Gasteiger partial charge is 0.268 e. The molecule has 7 heteroatoms. The Morgan fingerprint density at radius 3 is 2.72 bits per heavy atom. The van der Waals surface area contributed by atoms with Gasteiger partial charge in [-0.25, -0.2) is 4.68 Å². The van der Waals surface area contributed by atoms with Crippen LogP contribution in [0.2, 0.25) is 0 Å². The van der Waals surface area contributed by atoms with Crippen LogP contribution < -0.4 is 15.6 Å². The minimum absolute atomic E-state index is 0.262. The second kappa shape index (κ2) is 5.60. The fourth-order valence-corrected chi connectivity index (χ4v) is 2.90. The molecular weight excluding hydrogens is 320 g/mol. The molecule has 3 rings (SSSR count). The van der Waals surface area contributed by atoms with Crippen molar-refractivity contribution in [3.05, 3.63) is 51.9 Å². The summed E-state index contributed by atoms with van der Waals surface area (Å²) in [6, 6.07) is 8.00. The number of nitrogens with one attached hydrogen (secondary N) is 1. The van der Waals surface area contributed by atoms with Crippen LogP contribution in [0.4, 0.5) is 5.69 Å². The molecule has 2 heterocycles. The van der Waals surface area contributed by atoms with E-state index in [0.29, 0.717) is 22.6 Å². The van der Waals surface area contributed by atoms with E-state index < -0.39 is 17.2 Å². The van der Waals surface area contributed by atoms with Gasteiger partial charge in [0.15, 0.2) is 0 Å². The zero-order valence-electron chi connectivity index (χ0n) is 14.6. The van der Waals surface area contributed by atoms with E-state index in [1.165, 1.54) is 16.9 Å². The number of aryl methyl sites for hydroxylation is 1. The first-order valence-electron chi connectivity index (χ1n) is 7.91. The van der Waals surface area contributed by atoms with E-state index in [-0.39, 0.29) is 5.56 Å². The minimum atomic E-state index is -1.31. The lowest BCUT2D eigenvalue weighted by atomic mass is 9.75. The molecule has 1 aliphatic rings. The number of anilines is 1. The van der Waals surface area contributed by atoms with Crippen LogP contribution in [-0.2, 0) is 7.05 Å². The summed E-state index contributed by atoms with van der Waals surface area (Å²) in [7, 11) is 1.56. The monoisotopic (exact) mass is 340 g/mol. The van der Waals surface area contributed by atoms with Crippen LogP contribution in [0, 0.1) is 11.3 Å². The lowest BCUT2D eigenvalue weighted by molar-refractivity contribution is -0.128. The van der Waals surface area contributed by atoms with Gasteiger partial charge in [0, 0.05) is 18.7 Å². The number of aromatic nitrogens is 2. The molecule has 0 amide bonds. The van der Waals surface area contributed by atoms with Crippen molar-refractivity contribution in [3.8, 4) is 11.8 Å². The van der Waals surface area contributed by atoms with Gasteiger partial charge in [-0.1, -0.05) is 0 Å². The summed E-state index contributed by atoms with van der Waals surface area (Å²) in [5, 5.41) is 27.6.